The van der Waals surface area contributed by atoms with E-state index in [4.69, 9.17) is 0 Å². The van der Waals surface area contributed by atoms with Gasteiger partial charge in [0.15, 0.2) is 5.65 Å². The third-order valence-corrected chi connectivity index (χ3v) is 3.70. The Morgan fingerprint density at radius 1 is 0.818 bits per heavy atom. The first kappa shape index (κ1) is 12.6. The number of imide groups is 1. The SMILES string of the molecule is Cc1ccc2ccc(N3C(=O)c4ccccc4C3=O)nc2n1. The topological polar surface area (TPSA) is 63.2 Å². The predicted octanol–water partition coefficient (Wildman–Crippen LogP) is 2.74. The van der Waals surface area contributed by atoms with E-state index in [1.807, 2.05) is 25.1 Å². The van der Waals surface area contributed by atoms with Crippen LogP contribution in [0.2, 0.25) is 0 Å². The van der Waals surface area contributed by atoms with E-state index in [0.29, 0.717) is 22.6 Å². The van der Waals surface area contributed by atoms with E-state index in [1.165, 1.54) is 0 Å². The number of pyridine rings is 2. The third-order valence-electron chi connectivity index (χ3n) is 3.70. The minimum Gasteiger partial charge on any atom is -0.268 e. The van der Waals surface area contributed by atoms with Crippen LogP contribution < -0.4 is 4.90 Å². The average Bonchev–Trinajstić information content (AvgIpc) is 2.79. The van der Waals surface area contributed by atoms with Crippen molar-refractivity contribution in [2.45, 2.75) is 6.92 Å². The minimum atomic E-state index is -0.347. The lowest BCUT2D eigenvalue weighted by Gasteiger charge is -2.13. The van der Waals surface area contributed by atoms with E-state index >= 15 is 0 Å². The minimum absolute atomic E-state index is 0.303. The number of aromatic nitrogens is 2. The number of fused-ring (bicyclic) bond motifs is 2. The zero-order valence-electron chi connectivity index (χ0n) is 11.8. The number of rotatable bonds is 1. The maximum atomic E-state index is 12.5. The Hall–Kier alpha value is -3.08. The zero-order valence-corrected chi connectivity index (χ0v) is 11.8. The molecule has 0 bridgehead atoms. The number of amides is 2. The molecule has 0 aliphatic carbocycles. The highest BCUT2D eigenvalue weighted by atomic mass is 16.2. The van der Waals surface area contributed by atoms with E-state index < -0.39 is 0 Å². The first-order valence-corrected chi connectivity index (χ1v) is 6.87. The highest BCUT2D eigenvalue weighted by Crippen LogP contribution is 2.27. The zero-order chi connectivity index (χ0) is 15.3. The highest BCUT2D eigenvalue weighted by Gasteiger charge is 2.37. The normalized spacial score (nSPS) is 13.8. The number of nitrogens with zero attached hydrogens (tertiary/aromatic N) is 3. The Bertz CT molecular complexity index is 915. The summed E-state index contributed by atoms with van der Waals surface area (Å²) in [6.45, 7) is 1.87. The molecule has 2 aromatic heterocycles. The van der Waals surface area contributed by atoms with E-state index in [0.717, 1.165) is 16.0 Å². The molecule has 0 fully saturated rings. The largest absolute Gasteiger partial charge is 0.268 e. The predicted molar refractivity (Wildman–Crippen MR) is 81.9 cm³/mol. The first-order valence-electron chi connectivity index (χ1n) is 6.87. The van der Waals surface area contributed by atoms with Gasteiger partial charge in [-0.1, -0.05) is 12.1 Å². The van der Waals surface area contributed by atoms with Crippen molar-refractivity contribution in [3.63, 3.8) is 0 Å². The molecule has 0 radical (unpaired) electrons. The number of aryl methyl sites for hydroxylation is 1. The summed E-state index contributed by atoms with van der Waals surface area (Å²) in [5, 5.41) is 0.867. The molecule has 0 atom stereocenters. The van der Waals surface area contributed by atoms with Gasteiger partial charge >= 0.3 is 0 Å². The van der Waals surface area contributed by atoms with Gasteiger partial charge in [0.1, 0.15) is 5.82 Å². The van der Waals surface area contributed by atoms with Crippen molar-refractivity contribution in [2.75, 3.05) is 4.90 Å². The molecule has 5 heteroatoms. The van der Waals surface area contributed by atoms with Gasteiger partial charge in [-0.25, -0.2) is 14.9 Å². The second-order valence-corrected chi connectivity index (χ2v) is 5.16. The van der Waals surface area contributed by atoms with Crippen molar-refractivity contribution in [3.8, 4) is 0 Å². The second kappa shape index (κ2) is 4.46. The maximum Gasteiger partial charge on any atom is 0.267 e. The molecular weight excluding hydrogens is 278 g/mol. The van der Waals surface area contributed by atoms with Crippen LogP contribution in [0.3, 0.4) is 0 Å². The number of benzene rings is 1. The van der Waals surface area contributed by atoms with Crippen LogP contribution >= 0.6 is 0 Å². The summed E-state index contributed by atoms with van der Waals surface area (Å²) in [5.74, 6) is -0.392. The molecule has 2 amide bonds. The number of carbonyl (C=O) groups is 2. The fraction of sp³-hybridized carbons (Fsp3) is 0.0588. The second-order valence-electron chi connectivity index (χ2n) is 5.16. The van der Waals surface area contributed by atoms with Crippen LogP contribution in [0.1, 0.15) is 26.4 Å². The van der Waals surface area contributed by atoms with Crippen molar-refractivity contribution >= 4 is 28.7 Å². The van der Waals surface area contributed by atoms with Gasteiger partial charge in [0.05, 0.1) is 11.1 Å². The summed E-state index contributed by atoms with van der Waals surface area (Å²) in [6, 6.07) is 14.1. The third kappa shape index (κ3) is 1.72. The van der Waals surface area contributed by atoms with Crippen LogP contribution in [-0.4, -0.2) is 21.8 Å². The van der Waals surface area contributed by atoms with Gasteiger partial charge in [-0.15, -0.1) is 0 Å². The molecule has 0 saturated carbocycles. The van der Waals surface area contributed by atoms with Crippen molar-refractivity contribution in [1.82, 2.24) is 9.97 Å². The Kier molecular flexibility index (Phi) is 2.56. The Balaban J connectivity index is 1.86. The van der Waals surface area contributed by atoms with Gasteiger partial charge < -0.3 is 0 Å². The van der Waals surface area contributed by atoms with Crippen LogP contribution in [0.4, 0.5) is 5.82 Å². The fourth-order valence-electron chi connectivity index (χ4n) is 2.61. The van der Waals surface area contributed by atoms with Crippen molar-refractivity contribution < 1.29 is 9.59 Å². The molecule has 0 saturated heterocycles. The van der Waals surface area contributed by atoms with Crippen molar-refractivity contribution in [3.05, 3.63) is 65.4 Å². The molecule has 0 N–H and O–H groups in total. The van der Waals surface area contributed by atoms with Gasteiger partial charge in [0.2, 0.25) is 0 Å². The molecule has 5 nitrogen and oxygen atoms in total. The molecule has 1 aliphatic rings. The number of hydrogen-bond acceptors (Lipinski definition) is 4. The van der Waals surface area contributed by atoms with Crippen LogP contribution in [0, 0.1) is 6.92 Å². The lowest BCUT2D eigenvalue weighted by Crippen LogP contribution is -2.30. The molecular formula is C17H11N3O2. The molecule has 1 aliphatic heterocycles. The van der Waals surface area contributed by atoms with Crippen molar-refractivity contribution in [1.29, 1.82) is 0 Å². The van der Waals surface area contributed by atoms with Crippen LogP contribution in [0.25, 0.3) is 11.0 Å². The molecule has 4 rings (SSSR count). The van der Waals surface area contributed by atoms with Gasteiger partial charge in [0.25, 0.3) is 11.8 Å². The Morgan fingerprint density at radius 2 is 1.45 bits per heavy atom. The molecule has 3 aromatic rings. The van der Waals surface area contributed by atoms with Gasteiger partial charge in [-0.05, 0) is 43.3 Å². The summed E-state index contributed by atoms with van der Waals surface area (Å²) >= 11 is 0. The highest BCUT2D eigenvalue weighted by molar-refractivity contribution is 6.34. The fourth-order valence-corrected chi connectivity index (χ4v) is 2.61. The van der Waals surface area contributed by atoms with Crippen LogP contribution in [-0.2, 0) is 0 Å². The lowest BCUT2D eigenvalue weighted by molar-refractivity contribution is 0.0925. The summed E-state index contributed by atoms with van der Waals surface area (Å²) in [6.07, 6.45) is 0. The van der Waals surface area contributed by atoms with Crippen LogP contribution in [0.5, 0.6) is 0 Å². The van der Waals surface area contributed by atoms with Gasteiger partial charge in [-0.2, -0.15) is 0 Å². The van der Waals surface area contributed by atoms with Gasteiger partial charge in [-0.3, -0.25) is 9.59 Å². The summed E-state index contributed by atoms with van der Waals surface area (Å²) < 4.78 is 0. The van der Waals surface area contributed by atoms with E-state index in [1.54, 1.807) is 30.3 Å². The maximum absolute atomic E-state index is 12.5. The molecule has 0 spiro atoms. The Labute approximate surface area is 126 Å². The van der Waals surface area contributed by atoms with Crippen molar-refractivity contribution in [2.24, 2.45) is 0 Å². The van der Waals surface area contributed by atoms with Gasteiger partial charge in [0, 0.05) is 11.1 Å². The summed E-state index contributed by atoms with van der Waals surface area (Å²) in [5.41, 5.74) is 2.17. The molecule has 22 heavy (non-hydrogen) atoms. The smallest absolute Gasteiger partial charge is 0.267 e. The average molecular weight is 289 g/mol. The first-order chi connectivity index (χ1) is 10.6. The lowest BCUT2D eigenvalue weighted by atomic mass is 10.1. The number of anilines is 1. The molecule has 1 aromatic carbocycles. The molecule has 106 valence electrons. The molecule has 0 unspecified atom stereocenters. The summed E-state index contributed by atoms with van der Waals surface area (Å²) in [7, 11) is 0. The van der Waals surface area contributed by atoms with E-state index in [-0.39, 0.29) is 11.8 Å². The monoisotopic (exact) mass is 289 g/mol. The number of carbonyl (C=O) groups excluding carboxylic acids is 2. The quantitative estimate of drug-likeness (QED) is 0.646. The summed E-state index contributed by atoms with van der Waals surface area (Å²) in [4.78, 5) is 34.7. The van der Waals surface area contributed by atoms with E-state index in [2.05, 4.69) is 9.97 Å². The Morgan fingerprint density at radius 3 is 2.14 bits per heavy atom. The molecule has 3 heterocycles. The number of hydrogen-bond donors (Lipinski definition) is 0. The van der Waals surface area contributed by atoms with E-state index in [9.17, 15) is 9.59 Å². The van der Waals surface area contributed by atoms with Crippen LogP contribution in [0.15, 0.2) is 48.5 Å². The standard InChI is InChI=1S/C17H11N3O2/c1-10-6-7-11-8-9-14(19-15(11)18-10)20-16(21)12-4-2-3-5-13(12)17(20)22/h2-9H,1H3.